The molecule has 0 saturated carbocycles. The van der Waals surface area contributed by atoms with Crippen LogP contribution in [0.25, 0.3) is 16.6 Å². The van der Waals surface area contributed by atoms with Crippen molar-refractivity contribution in [3.05, 3.63) is 48.9 Å². The van der Waals surface area contributed by atoms with Crippen LogP contribution in [0.1, 0.15) is 0 Å². The molecule has 2 heterocycles. The van der Waals surface area contributed by atoms with E-state index in [2.05, 4.69) is 10.1 Å². The van der Waals surface area contributed by atoms with E-state index < -0.39 is 0 Å². The number of nitrogens with zero attached hydrogens (tertiary/aromatic N) is 3. The van der Waals surface area contributed by atoms with E-state index in [9.17, 15) is 0 Å². The molecule has 0 fully saturated rings. The van der Waals surface area contributed by atoms with E-state index in [-0.39, 0.29) is 0 Å². The van der Waals surface area contributed by atoms with Gasteiger partial charge in [0.25, 0.3) is 0 Å². The lowest BCUT2D eigenvalue weighted by Crippen LogP contribution is -1.99. The zero-order valence-corrected chi connectivity index (χ0v) is 9.37. The van der Waals surface area contributed by atoms with Gasteiger partial charge in [-0.2, -0.15) is 5.10 Å². The summed E-state index contributed by atoms with van der Waals surface area (Å²) in [5.41, 5.74) is 0. The number of pyridine rings is 1. The van der Waals surface area contributed by atoms with Crippen molar-refractivity contribution in [2.45, 2.75) is 0 Å². The predicted molar refractivity (Wildman–Crippen MR) is 65.4 cm³/mol. The number of rotatable bonds is 2. The monoisotopic (exact) mass is 225 g/mol. The van der Waals surface area contributed by atoms with E-state index in [0.29, 0.717) is 0 Å². The summed E-state index contributed by atoms with van der Waals surface area (Å²) in [7, 11) is 1.67. The number of ether oxygens (including phenoxy) is 1. The first-order valence-corrected chi connectivity index (χ1v) is 5.32. The molecule has 4 nitrogen and oxygen atoms in total. The van der Waals surface area contributed by atoms with Crippen molar-refractivity contribution in [2.75, 3.05) is 7.11 Å². The molecule has 2 aromatic heterocycles. The van der Waals surface area contributed by atoms with Crippen LogP contribution in [-0.2, 0) is 0 Å². The maximum Gasteiger partial charge on any atom is 0.161 e. The zero-order valence-electron chi connectivity index (χ0n) is 9.37. The highest BCUT2D eigenvalue weighted by Gasteiger charge is 2.07. The Morgan fingerprint density at radius 3 is 2.76 bits per heavy atom. The van der Waals surface area contributed by atoms with Crippen LogP contribution >= 0.6 is 0 Å². The van der Waals surface area contributed by atoms with Crippen LogP contribution in [0.5, 0.6) is 5.75 Å². The zero-order chi connectivity index (χ0) is 11.7. The van der Waals surface area contributed by atoms with Gasteiger partial charge in [-0.25, -0.2) is 9.67 Å². The largest absolute Gasteiger partial charge is 0.496 e. The molecule has 0 aliphatic rings. The second-order valence-corrected chi connectivity index (χ2v) is 3.64. The van der Waals surface area contributed by atoms with Gasteiger partial charge in [0.2, 0.25) is 0 Å². The summed E-state index contributed by atoms with van der Waals surface area (Å²) < 4.78 is 7.09. The smallest absolute Gasteiger partial charge is 0.161 e. The summed E-state index contributed by atoms with van der Waals surface area (Å²) >= 11 is 0. The Labute approximate surface area is 98.5 Å². The van der Waals surface area contributed by atoms with Gasteiger partial charge in [0.05, 0.1) is 7.11 Å². The summed E-state index contributed by atoms with van der Waals surface area (Å²) in [6.45, 7) is 0. The van der Waals surface area contributed by atoms with Crippen LogP contribution in [-0.4, -0.2) is 21.9 Å². The van der Waals surface area contributed by atoms with Gasteiger partial charge >= 0.3 is 0 Å². The van der Waals surface area contributed by atoms with Crippen LogP contribution in [0.15, 0.2) is 48.9 Å². The fourth-order valence-electron chi connectivity index (χ4n) is 1.92. The third kappa shape index (κ3) is 1.54. The minimum atomic E-state index is 0.811. The van der Waals surface area contributed by atoms with Gasteiger partial charge in [0, 0.05) is 29.4 Å². The third-order valence-electron chi connectivity index (χ3n) is 2.69. The molecule has 1 aromatic carbocycles. The molecule has 0 atom stereocenters. The average Bonchev–Trinajstić information content (AvgIpc) is 2.91. The second-order valence-electron chi connectivity index (χ2n) is 3.64. The van der Waals surface area contributed by atoms with Crippen molar-refractivity contribution in [1.29, 1.82) is 0 Å². The Balaban J connectivity index is 2.34. The van der Waals surface area contributed by atoms with Crippen LogP contribution < -0.4 is 4.74 Å². The maximum absolute atomic E-state index is 5.34. The molecule has 0 radical (unpaired) electrons. The minimum Gasteiger partial charge on any atom is -0.496 e. The second kappa shape index (κ2) is 3.90. The first kappa shape index (κ1) is 9.84. The molecule has 0 bridgehead atoms. The molecule has 3 rings (SSSR count). The molecule has 0 aliphatic heterocycles. The van der Waals surface area contributed by atoms with Gasteiger partial charge < -0.3 is 4.74 Å². The lowest BCUT2D eigenvalue weighted by Gasteiger charge is -2.08. The van der Waals surface area contributed by atoms with Crippen molar-refractivity contribution in [3.8, 4) is 11.6 Å². The first-order valence-electron chi connectivity index (χ1n) is 5.32. The normalized spacial score (nSPS) is 10.6. The van der Waals surface area contributed by atoms with Gasteiger partial charge in [-0.05, 0) is 18.2 Å². The van der Waals surface area contributed by atoms with E-state index in [1.54, 1.807) is 24.2 Å². The van der Waals surface area contributed by atoms with Crippen molar-refractivity contribution in [2.24, 2.45) is 0 Å². The van der Waals surface area contributed by atoms with Crippen molar-refractivity contribution < 1.29 is 4.74 Å². The SMILES string of the molecule is COc1cccc2c(-n3cccn3)nccc12. The standard InChI is InChI=1S/C13H11N3O/c1-17-12-5-2-4-11-10(12)6-8-14-13(11)16-9-3-7-15-16/h2-9H,1H3. The molecule has 17 heavy (non-hydrogen) atoms. The number of hydrogen-bond acceptors (Lipinski definition) is 3. The van der Waals surface area contributed by atoms with Crippen LogP contribution in [0, 0.1) is 0 Å². The van der Waals surface area contributed by atoms with Crippen LogP contribution in [0.4, 0.5) is 0 Å². The van der Waals surface area contributed by atoms with Crippen LogP contribution in [0.2, 0.25) is 0 Å². The Morgan fingerprint density at radius 2 is 2.00 bits per heavy atom. The predicted octanol–water partition coefficient (Wildman–Crippen LogP) is 2.43. The molecule has 3 aromatic rings. The molecule has 0 aliphatic carbocycles. The Hall–Kier alpha value is -2.36. The summed E-state index contributed by atoms with van der Waals surface area (Å²) in [5.74, 6) is 1.66. The number of hydrogen-bond donors (Lipinski definition) is 0. The Kier molecular flexibility index (Phi) is 2.26. The van der Waals surface area contributed by atoms with Crippen molar-refractivity contribution >= 4 is 10.8 Å². The van der Waals surface area contributed by atoms with E-state index in [1.165, 1.54) is 0 Å². The molecule has 0 saturated heterocycles. The fraction of sp³-hybridized carbons (Fsp3) is 0.0769. The van der Waals surface area contributed by atoms with Gasteiger partial charge in [0.15, 0.2) is 5.82 Å². The fourth-order valence-corrected chi connectivity index (χ4v) is 1.92. The molecule has 84 valence electrons. The number of benzene rings is 1. The summed E-state index contributed by atoms with van der Waals surface area (Å²) in [6, 6.07) is 9.73. The molecule has 4 heteroatoms. The summed E-state index contributed by atoms with van der Waals surface area (Å²) in [5, 5.41) is 6.27. The van der Waals surface area contributed by atoms with Crippen molar-refractivity contribution in [3.63, 3.8) is 0 Å². The lowest BCUT2D eigenvalue weighted by atomic mass is 10.1. The van der Waals surface area contributed by atoms with Gasteiger partial charge in [-0.1, -0.05) is 12.1 Å². The Bertz CT molecular complexity index is 647. The Morgan fingerprint density at radius 1 is 1.06 bits per heavy atom. The first-order chi connectivity index (χ1) is 8.40. The topological polar surface area (TPSA) is 39.9 Å². The van der Waals surface area contributed by atoms with Gasteiger partial charge in [-0.15, -0.1) is 0 Å². The maximum atomic E-state index is 5.34. The van der Waals surface area contributed by atoms with E-state index >= 15 is 0 Å². The number of fused-ring (bicyclic) bond motifs is 1. The molecule has 0 spiro atoms. The van der Waals surface area contributed by atoms with E-state index in [4.69, 9.17) is 4.74 Å². The lowest BCUT2D eigenvalue weighted by molar-refractivity contribution is 0.420. The number of methoxy groups -OCH3 is 1. The van der Waals surface area contributed by atoms with Crippen LogP contribution in [0.3, 0.4) is 0 Å². The minimum absolute atomic E-state index is 0.811. The average molecular weight is 225 g/mol. The molecule has 0 amide bonds. The highest BCUT2D eigenvalue weighted by atomic mass is 16.5. The van der Waals surface area contributed by atoms with E-state index in [1.807, 2.05) is 36.5 Å². The number of aromatic nitrogens is 3. The molecular formula is C13H11N3O. The molecule has 0 unspecified atom stereocenters. The molecular weight excluding hydrogens is 214 g/mol. The van der Waals surface area contributed by atoms with Gasteiger partial charge in [0.1, 0.15) is 5.75 Å². The van der Waals surface area contributed by atoms with E-state index in [0.717, 1.165) is 22.3 Å². The molecule has 0 N–H and O–H groups in total. The third-order valence-corrected chi connectivity index (χ3v) is 2.69. The highest BCUT2D eigenvalue weighted by molar-refractivity contribution is 5.92. The van der Waals surface area contributed by atoms with Crippen molar-refractivity contribution in [1.82, 2.24) is 14.8 Å². The van der Waals surface area contributed by atoms with Gasteiger partial charge in [-0.3, -0.25) is 0 Å². The highest BCUT2D eigenvalue weighted by Crippen LogP contribution is 2.27. The summed E-state index contributed by atoms with van der Waals surface area (Å²) in [4.78, 5) is 4.37. The quantitative estimate of drug-likeness (QED) is 0.672. The summed E-state index contributed by atoms with van der Waals surface area (Å²) in [6.07, 6.45) is 5.38.